The fourth-order valence-electron chi connectivity index (χ4n) is 9.30. The van der Waals surface area contributed by atoms with E-state index in [1.54, 1.807) is 0 Å². The summed E-state index contributed by atoms with van der Waals surface area (Å²) in [6.45, 7) is 7.71. The van der Waals surface area contributed by atoms with Crippen LogP contribution in [0.3, 0.4) is 0 Å². The van der Waals surface area contributed by atoms with Crippen molar-refractivity contribution >= 4 is 5.91 Å². The molecule has 39 heavy (non-hydrogen) atoms. The fourth-order valence-corrected chi connectivity index (χ4v) is 9.30. The van der Waals surface area contributed by atoms with Crippen molar-refractivity contribution in [2.45, 2.75) is 127 Å². The summed E-state index contributed by atoms with van der Waals surface area (Å²) >= 11 is 0. The third-order valence-corrected chi connectivity index (χ3v) is 11.4. The lowest BCUT2D eigenvalue weighted by atomic mass is 9.57. The molecule has 224 valence electrons. The maximum atomic E-state index is 15.6. The van der Waals surface area contributed by atoms with Gasteiger partial charge in [-0.3, -0.25) is 10.1 Å². The summed E-state index contributed by atoms with van der Waals surface area (Å²) in [6.07, 6.45) is 8.67. The second kappa shape index (κ2) is 13.0. The molecule has 4 aliphatic heterocycles. The molecule has 4 saturated heterocycles. The van der Waals surface area contributed by atoms with Crippen LogP contribution < -0.4 is 27.0 Å². The Balaban J connectivity index is 1.32. The lowest BCUT2D eigenvalue weighted by Crippen LogP contribution is -2.75. The van der Waals surface area contributed by atoms with Gasteiger partial charge in [0.25, 0.3) is 0 Å². The van der Waals surface area contributed by atoms with Gasteiger partial charge >= 0.3 is 0 Å². The highest BCUT2D eigenvalue weighted by molar-refractivity contribution is 5.81. The summed E-state index contributed by atoms with van der Waals surface area (Å²) in [5.41, 5.74) is 6.60. The van der Waals surface area contributed by atoms with E-state index in [0.717, 1.165) is 70.9 Å². The number of nitrogens with zero attached hydrogens (tertiary/aromatic N) is 1. The van der Waals surface area contributed by atoms with Crippen LogP contribution in [0.15, 0.2) is 0 Å². The Labute approximate surface area is 234 Å². The second-order valence-electron chi connectivity index (χ2n) is 13.3. The lowest BCUT2D eigenvalue weighted by Gasteiger charge is -2.58. The molecule has 9 heteroatoms. The highest BCUT2D eigenvalue weighted by Gasteiger charge is 2.57. The van der Waals surface area contributed by atoms with Crippen molar-refractivity contribution in [3.05, 3.63) is 0 Å². The Morgan fingerprint density at radius 3 is 2.44 bits per heavy atom. The van der Waals surface area contributed by atoms with Gasteiger partial charge in [0.1, 0.15) is 12.3 Å². The van der Waals surface area contributed by atoms with Crippen molar-refractivity contribution in [3.8, 4) is 0 Å². The third-order valence-electron chi connectivity index (χ3n) is 11.4. The number of likely N-dealkylation sites (tertiary alicyclic amines) is 1. The van der Waals surface area contributed by atoms with E-state index < -0.39 is 24.4 Å². The fraction of sp³-hybridized carbons (Fsp3) is 0.967. The van der Waals surface area contributed by atoms with Crippen molar-refractivity contribution in [1.82, 2.24) is 26.2 Å². The molecule has 7 nitrogen and oxygen atoms in total. The molecule has 0 aromatic heterocycles. The van der Waals surface area contributed by atoms with Gasteiger partial charge < -0.3 is 26.6 Å². The number of piperidine rings is 3. The van der Waals surface area contributed by atoms with Gasteiger partial charge in [-0.25, -0.2) is 8.78 Å². The van der Waals surface area contributed by atoms with Gasteiger partial charge in [-0.2, -0.15) is 0 Å². The first-order valence-corrected chi connectivity index (χ1v) is 16.2. The zero-order valence-electron chi connectivity index (χ0n) is 24.3. The van der Waals surface area contributed by atoms with Gasteiger partial charge in [-0.05, 0) is 70.4 Å². The van der Waals surface area contributed by atoms with Crippen LogP contribution in [-0.4, -0.2) is 86.2 Å². The molecule has 6 N–H and O–H groups in total. The molecule has 0 aromatic rings. The Kier molecular flexibility index (Phi) is 9.85. The van der Waals surface area contributed by atoms with Gasteiger partial charge in [-0.1, -0.05) is 33.1 Å². The summed E-state index contributed by atoms with van der Waals surface area (Å²) in [7, 11) is 0. The number of nitrogens with two attached hydrogens (primary N) is 1. The van der Waals surface area contributed by atoms with Crippen molar-refractivity contribution in [2.24, 2.45) is 28.9 Å². The van der Waals surface area contributed by atoms with E-state index in [9.17, 15) is 9.18 Å². The number of carbonyl (C=O) groups excluding carboxylic acids is 1. The Morgan fingerprint density at radius 2 is 1.74 bits per heavy atom. The van der Waals surface area contributed by atoms with Crippen LogP contribution in [0.2, 0.25) is 0 Å². The molecule has 4 heterocycles. The van der Waals surface area contributed by atoms with Crippen molar-refractivity contribution in [3.63, 3.8) is 0 Å². The zero-order valence-corrected chi connectivity index (χ0v) is 24.3. The van der Waals surface area contributed by atoms with Crippen LogP contribution in [0.1, 0.15) is 84.5 Å². The van der Waals surface area contributed by atoms with Gasteiger partial charge in [0, 0.05) is 55.1 Å². The van der Waals surface area contributed by atoms with Gasteiger partial charge in [0.05, 0.1) is 12.1 Å². The molecule has 5 rings (SSSR count). The number of rotatable bonds is 6. The SMILES string of the molecule is CCC(CC)N1CCC(C2C(F)CNCC2NC(=O)C2C(N)NC3CCC(F)CNC2C32CCCCC2)CC1. The van der Waals surface area contributed by atoms with Crippen LogP contribution in [-0.2, 0) is 4.79 Å². The first-order valence-electron chi connectivity index (χ1n) is 16.2. The van der Waals surface area contributed by atoms with E-state index in [-0.39, 0.29) is 47.8 Å². The van der Waals surface area contributed by atoms with Crippen molar-refractivity contribution in [2.75, 3.05) is 32.7 Å². The number of carbonyl (C=O) groups is 1. The zero-order chi connectivity index (χ0) is 27.6. The van der Waals surface area contributed by atoms with E-state index in [1.807, 2.05) is 0 Å². The van der Waals surface area contributed by atoms with E-state index in [0.29, 0.717) is 25.6 Å². The average Bonchev–Trinajstić information content (AvgIpc) is 2.94. The van der Waals surface area contributed by atoms with Crippen LogP contribution in [0.25, 0.3) is 0 Å². The number of hydrogen-bond acceptors (Lipinski definition) is 6. The van der Waals surface area contributed by atoms with Gasteiger partial charge in [0.15, 0.2) is 0 Å². The topological polar surface area (TPSA) is 94.5 Å². The summed E-state index contributed by atoms with van der Waals surface area (Å²) in [4.78, 5) is 16.7. The predicted octanol–water partition coefficient (Wildman–Crippen LogP) is 2.84. The summed E-state index contributed by atoms with van der Waals surface area (Å²) in [5, 5.41) is 13.7. The van der Waals surface area contributed by atoms with E-state index in [2.05, 4.69) is 40.0 Å². The molecular weight excluding hydrogens is 498 g/mol. The molecule has 5 fully saturated rings. The smallest absolute Gasteiger partial charge is 0.227 e. The molecule has 1 amide bonds. The lowest BCUT2D eigenvalue weighted by molar-refractivity contribution is -0.135. The summed E-state index contributed by atoms with van der Waals surface area (Å²) in [6, 6.07) is 0.289. The number of alkyl halides is 2. The highest BCUT2D eigenvalue weighted by atomic mass is 19.1. The highest BCUT2D eigenvalue weighted by Crippen LogP contribution is 2.49. The van der Waals surface area contributed by atoms with Crippen LogP contribution in [0.5, 0.6) is 0 Å². The van der Waals surface area contributed by atoms with E-state index >= 15 is 4.39 Å². The van der Waals surface area contributed by atoms with Crippen LogP contribution >= 0.6 is 0 Å². The molecule has 1 aliphatic carbocycles. The first-order chi connectivity index (χ1) is 18.9. The molecule has 8 atom stereocenters. The minimum absolute atomic E-state index is 0.0922. The standard InChI is InChI=1S/C30H54F2N6O/c1-3-21(4-2)38-14-10-19(11-15-38)25-22(32)17-34-18-23(25)36-29(39)26-27-30(12-6-5-7-13-30)24(37-28(26)33)9-8-20(31)16-35-27/h19-28,34-35,37H,3-18,33H2,1-2H3,(H,36,39). The summed E-state index contributed by atoms with van der Waals surface area (Å²) < 4.78 is 30.2. The minimum Gasteiger partial charge on any atom is -0.351 e. The molecule has 2 bridgehead atoms. The molecule has 0 radical (unpaired) electrons. The molecule has 0 aromatic carbocycles. The maximum Gasteiger partial charge on any atom is 0.227 e. The predicted molar refractivity (Wildman–Crippen MR) is 152 cm³/mol. The number of halogens is 2. The van der Waals surface area contributed by atoms with Crippen LogP contribution in [0, 0.1) is 23.2 Å². The monoisotopic (exact) mass is 552 g/mol. The average molecular weight is 553 g/mol. The van der Waals surface area contributed by atoms with E-state index in [1.165, 1.54) is 6.42 Å². The number of nitrogens with one attached hydrogen (secondary N) is 4. The largest absolute Gasteiger partial charge is 0.351 e. The summed E-state index contributed by atoms with van der Waals surface area (Å²) in [5.74, 6) is -0.546. The number of amides is 1. The number of hydrogen-bond donors (Lipinski definition) is 5. The molecule has 8 unspecified atom stereocenters. The first kappa shape index (κ1) is 29.6. The normalized spacial score (nSPS) is 40.3. The maximum absolute atomic E-state index is 15.6. The van der Waals surface area contributed by atoms with Gasteiger partial charge in [0.2, 0.25) is 5.91 Å². The quantitative estimate of drug-likeness (QED) is 0.348. The third kappa shape index (κ3) is 6.04. The molecule has 1 spiro atoms. The Bertz CT molecular complexity index is 800. The Morgan fingerprint density at radius 1 is 1.03 bits per heavy atom. The van der Waals surface area contributed by atoms with Gasteiger partial charge in [-0.15, -0.1) is 0 Å². The van der Waals surface area contributed by atoms with E-state index in [4.69, 9.17) is 5.73 Å². The molecule has 5 aliphatic rings. The molecule has 1 saturated carbocycles. The second-order valence-corrected chi connectivity index (χ2v) is 13.3. The Hall–Kier alpha value is -0.870. The molecular formula is C30H54F2N6O. The van der Waals surface area contributed by atoms with Crippen molar-refractivity contribution in [1.29, 1.82) is 0 Å². The minimum atomic E-state index is -0.979. The van der Waals surface area contributed by atoms with Crippen LogP contribution in [0.4, 0.5) is 8.78 Å². The van der Waals surface area contributed by atoms with Crippen molar-refractivity contribution < 1.29 is 13.6 Å².